The van der Waals surface area contributed by atoms with Gasteiger partial charge in [0.25, 0.3) is 0 Å². The number of benzene rings is 1. The average Bonchev–Trinajstić information content (AvgIpc) is 3.14. The van der Waals surface area contributed by atoms with Crippen molar-refractivity contribution in [2.75, 3.05) is 0 Å². The number of nitrogens with one attached hydrogen (secondary N) is 1. The Labute approximate surface area is 170 Å². The van der Waals surface area contributed by atoms with Crippen molar-refractivity contribution in [1.82, 2.24) is 24.7 Å². The van der Waals surface area contributed by atoms with E-state index < -0.39 is 0 Å². The van der Waals surface area contributed by atoms with Crippen LogP contribution in [0.1, 0.15) is 11.3 Å². The number of aromatic nitrogens is 5. The van der Waals surface area contributed by atoms with E-state index in [-0.39, 0.29) is 5.43 Å². The van der Waals surface area contributed by atoms with Gasteiger partial charge in [0.1, 0.15) is 5.65 Å². The molecule has 1 N–H and O–H groups in total. The molecule has 5 rings (SSSR count). The van der Waals surface area contributed by atoms with Crippen molar-refractivity contribution >= 4 is 33.5 Å². The number of aryl methyl sites for hydroxylation is 2. The van der Waals surface area contributed by atoms with Crippen molar-refractivity contribution in [3.8, 4) is 16.9 Å². The zero-order chi connectivity index (χ0) is 20.1. The summed E-state index contributed by atoms with van der Waals surface area (Å²) in [5.74, 6) is 0.615. The minimum absolute atomic E-state index is 0.0968. The third-order valence-electron chi connectivity index (χ3n) is 4.99. The van der Waals surface area contributed by atoms with E-state index in [4.69, 9.17) is 16.6 Å². The monoisotopic (exact) mass is 401 g/mol. The Kier molecular flexibility index (Phi) is 3.96. The molecule has 7 heteroatoms. The average molecular weight is 402 g/mol. The van der Waals surface area contributed by atoms with Crippen LogP contribution in [0, 0.1) is 13.8 Å². The molecule has 0 saturated carbocycles. The molecule has 5 aromatic rings. The Balaban J connectivity index is 1.88. The van der Waals surface area contributed by atoms with Crippen molar-refractivity contribution < 1.29 is 0 Å². The normalized spacial score (nSPS) is 11.4. The molecule has 0 amide bonds. The summed E-state index contributed by atoms with van der Waals surface area (Å²) in [6.07, 6.45) is 5.19. The number of hydrogen-bond donors (Lipinski definition) is 1. The molecule has 6 nitrogen and oxygen atoms in total. The highest BCUT2D eigenvalue weighted by Crippen LogP contribution is 2.34. The summed E-state index contributed by atoms with van der Waals surface area (Å²) in [6, 6.07) is 11.1. The number of fused-ring (bicyclic) bond motifs is 2. The Morgan fingerprint density at radius 3 is 2.72 bits per heavy atom. The lowest BCUT2D eigenvalue weighted by atomic mass is 10.0. The number of rotatable bonds is 2. The smallest absolute Gasteiger partial charge is 0.191 e. The van der Waals surface area contributed by atoms with Crippen LogP contribution < -0.4 is 5.43 Å². The first-order chi connectivity index (χ1) is 14.0. The minimum atomic E-state index is -0.0968. The molecule has 0 spiro atoms. The van der Waals surface area contributed by atoms with Crippen LogP contribution in [-0.4, -0.2) is 24.7 Å². The number of nitrogens with zero attached hydrogens (tertiary/aromatic N) is 4. The summed E-state index contributed by atoms with van der Waals surface area (Å²) >= 11 is 6.56. The molecule has 0 radical (unpaired) electrons. The van der Waals surface area contributed by atoms with Crippen molar-refractivity contribution in [1.29, 1.82) is 0 Å². The SMILES string of the molecule is Cc1ccn(-c2nc3[nH]ccc(=O)c3cc2-c2cc(Cl)c3nccc(C)c3c2)n1. The van der Waals surface area contributed by atoms with Gasteiger partial charge in [0, 0.05) is 35.6 Å². The Bertz CT molecular complexity index is 1470. The van der Waals surface area contributed by atoms with E-state index in [1.165, 1.54) is 6.07 Å². The van der Waals surface area contributed by atoms with Crippen LogP contribution in [0.5, 0.6) is 0 Å². The highest BCUT2D eigenvalue weighted by Gasteiger charge is 2.16. The molecule has 0 aliphatic rings. The molecule has 0 aliphatic carbocycles. The first-order valence-electron chi connectivity index (χ1n) is 9.11. The molecular weight excluding hydrogens is 386 g/mol. The summed E-state index contributed by atoms with van der Waals surface area (Å²) in [5.41, 5.74) is 4.72. The van der Waals surface area contributed by atoms with Gasteiger partial charge in [-0.15, -0.1) is 0 Å². The number of halogens is 1. The molecule has 29 heavy (non-hydrogen) atoms. The van der Waals surface area contributed by atoms with Crippen LogP contribution in [0.15, 0.2) is 59.8 Å². The van der Waals surface area contributed by atoms with E-state index in [0.29, 0.717) is 21.9 Å². The lowest BCUT2D eigenvalue weighted by molar-refractivity contribution is 0.838. The minimum Gasteiger partial charge on any atom is -0.346 e. The van der Waals surface area contributed by atoms with Crippen molar-refractivity contribution in [2.24, 2.45) is 0 Å². The molecule has 1 aromatic carbocycles. The molecule has 4 heterocycles. The van der Waals surface area contributed by atoms with Gasteiger partial charge in [-0.25, -0.2) is 9.67 Å². The summed E-state index contributed by atoms with van der Waals surface area (Å²) in [4.78, 5) is 24.6. The second-order valence-electron chi connectivity index (χ2n) is 6.98. The van der Waals surface area contributed by atoms with Gasteiger partial charge in [0.2, 0.25) is 0 Å². The van der Waals surface area contributed by atoms with Gasteiger partial charge in [-0.05, 0) is 55.3 Å². The number of H-pyrrole nitrogens is 1. The quantitative estimate of drug-likeness (QED) is 0.469. The topological polar surface area (TPSA) is 76.5 Å². The maximum atomic E-state index is 12.4. The van der Waals surface area contributed by atoms with Gasteiger partial charge in [0.15, 0.2) is 11.2 Å². The van der Waals surface area contributed by atoms with Gasteiger partial charge < -0.3 is 4.98 Å². The van der Waals surface area contributed by atoms with Crippen LogP contribution in [-0.2, 0) is 0 Å². The summed E-state index contributed by atoms with van der Waals surface area (Å²) < 4.78 is 1.71. The zero-order valence-electron chi connectivity index (χ0n) is 15.8. The Morgan fingerprint density at radius 1 is 1.07 bits per heavy atom. The predicted octanol–water partition coefficient (Wildman–Crippen LogP) is 4.59. The fraction of sp³-hybridized carbons (Fsp3) is 0.0909. The van der Waals surface area contributed by atoms with E-state index in [1.54, 1.807) is 17.1 Å². The van der Waals surface area contributed by atoms with Crippen molar-refractivity contribution in [3.05, 3.63) is 81.5 Å². The third kappa shape index (κ3) is 2.89. The maximum absolute atomic E-state index is 12.4. The predicted molar refractivity (Wildman–Crippen MR) is 115 cm³/mol. The molecule has 0 aliphatic heterocycles. The summed E-state index contributed by atoms with van der Waals surface area (Å²) in [5, 5.41) is 6.53. The van der Waals surface area contributed by atoms with Crippen LogP contribution >= 0.6 is 11.6 Å². The van der Waals surface area contributed by atoms with E-state index in [1.807, 2.05) is 50.4 Å². The van der Waals surface area contributed by atoms with Crippen molar-refractivity contribution in [2.45, 2.75) is 13.8 Å². The van der Waals surface area contributed by atoms with Crippen LogP contribution in [0.4, 0.5) is 0 Å². The van der Waals surface area contributed by atoms with Gasteiger partial charge in [-0.3, -0.25) is 9.78 Å². The standard InChI is InChI=1S/C22H16ClN5O/c1-12-3-6-24-20-15(12)9-14(10-18(20)23)16-11-17-19(29)4-7-25-21(17)26-22(16)28-8-5-13(2)27-28/h3-11H,1-2H3,(H,25,26,29). The van der Waals surface area contributed by atoms with E-state index in [9.17, 15) is 4.79 Å². The highest BCUT2D eigenvalue weighted by molar-refractivity contribution is 6.35. The maximum Gasteiger partial charge on any atom is 0.191 e. The van der Waals surface area contributed by atoms with E-state index >= 15 is 0 Å². The summed E-state index contributed by atoms with van der Waals surface area (Å²) in [6.45, 7) is 3.94. The molecule has 4 aromatic heterocycles. The van der Waals surface area contributed by atoms with Gasteiger partial charge in [-0.2, -0.15) is 5.10 Å². The molecule has 0 atom stereocenters. The van der Waals surface area contributed by atoms with Crippen LogP contribution in [0.3, 0.4) is 0 Å². The molecule has 0 bridgehead atoms. The highest BCUT2D eigenvalue weighted by atomic mass is 35.5. The molecule has 0 unspecified atom stereocenters. The van der Waals surface area contributed by atoms with Gasteiger partial charge >= 0.3 is 0 Å². The second kappa shape index (κ2) is 6.53. The van der Waals surface area contributed by atoms with Gasteiger partial charge in [0.05, 0.1) is 21.6 Å². The summed E-state index contributed by atoms with van der Waals surface area (Å²) in [7, 11) is 0. The Morgan fingerprint density at radius 2 is 1.93 bits per heavy atom. The van der Waals surface area contributed by atoms with Crippen LogP contribution in [0.2, 0.25) is 5.02 Å². The fourth-order valence-electron chi connectivity index (χ4n) is 3.51. The number of aromatic amines is 1. The zero-order valence-corrected chi connectivity index (χ0v) is 16.5. The third-order valence-corrected chi connectivity index (χ3v) is 5.28. The van der Waals surface area contributed by atoms with E-state index in [2.05, 4.69) is 15.1 Å². The lowest BCUT2D eigenvalue weighted by Crippen LogP contribution is -2.07. The molecule has 0 fully saturated rings. The molecule has 142 valence electrons. The van der Waals surface area contributed by atoms with Crippen molar-refractivity contribution in [3.63, 3.8) is 0 Å². The molecule has 0 saturated heterocycles. The Hall–Kier alpha value is -3.51. The fourth-order valence-corrected chi connectivity index (χ4v) is 3.78. The van der Waals surface area contributed by atoms with Gasteiger partial charge in [-0.1, -0.05) is 11.6 Å². The second-order valence-corrected chi connectivity index (χ2v) is 7.39. The largest absolute Gasteiger partial charge is 0.346 e. The first kappa shape index (κ1) is 17.6. The number of hydrogen-bond acceptors (Lipinski definition) is 4. The number of pyridine rings is 3. The first-order valence-corrected chi connectivity index (χ1v) is 9.49. The lowest BCUT2D eigenvalue weighted by Gasteiger charge is -2.13. The van der Waals surface area contributed by atoms with Crippen LogP contribution in [0.25, 0.3) is 38.9 Å². The molecular formula is C22H16ClN5O. The van der Waals surface area contributed by atoms with E-state index in [0.717, 1.165) is 33.3 Å².